The molecule has 1 aromatic carbocycles. The second-order valence-electron chi connectivity index (χ2n) is 4.36. The van der Waals surface area contributed by atoms with E-state index >= 15 is 0 Å². The zero-order chi connectivity index (χ0) is 12.3. The van der Waals surface area contributed by atoms with E-state index in [-0.39, 0.29) is 6.04 Å². The Bertz CT molecular complexity index is 492. The fourth-order valence-corrected chi connectivity index (χ4v) is 2.13. The lowest BCUT2D eigenvalue weighted by molar-refractivity contribution is 0.686. The van der Waals surface area contributed by atoms with Crippen molar-refractivity contribution < 1.29 is 0 Å². The first-order chi connectivity index (χ1) is 8.22. The maximum absolute atomic E-state index is 4.07. The van der Waals surface area contributed by atoms with E-state index in [1.54, 1.807) is 0 Å². The Morgan fingerprint density at radius 1 is 1.06 bits per heavy atom. The first-order valence-electron chi connectivity index (χ1n) is 5.86. The zero-order valence-electron chi connectivity index (χ0n) is 10.6. The van der Waals surface area contributed by atoms with Crippen molar-refractivity contribution in [2.24, 2.45) is 0 Å². The summed E-state index contributed by atoms with van der Waals surface area (Å²) in [6, 6.07) is 10.9. The molecule has 2 heteroatoms. The van der Waals surface area contributed by atoms with Crippen molar-refractivity contribution in [1.29, 1.82) is 0 Å². The molecule has 0 aliphatic heterocycles. The van der Waals surface area contributed by atoms with Crippen molar-refractivity contribution in [2.45, 2.75) is 19.9 Å². The molecule has 17 heavy (non-hydrogen) atoms. The van der Waals surface area contributed by atoms with Gasteiger partial charge in [0.25, 0.3) is 0 Å². The van der Waals surface area contributed by atoms with Gasteiger partial charge in [0.2, 0.25) is 0 Å². The third-order valence-corrected chi connectivity index (χ3v) is 3.07. The Morgan fingerprint density at radius 2 is 1.76 bits per heavy atom. The maximum Gasteiger partial charge on any atom is 0.0578 e. The van der Waals surface area contributed by atoms with E-state index in [9.17, 15) is 0 Å². The van der Waals surface area contributed by atoms with Gasteiger partial charge in [0.1, 0.15) is 0 Å². The first kappa shape index (κ1) is 11.8. The SMILES string of the molecule is CNC(c1ccncc1)c1cc(C)ccc1C. The standard InChI is InChI=1S/C15H18N2/c1-11-4-5-12(2)14(10-11)15(16-3)13-6-8-17-9-7-13/h4-10,15-16H,1-3H3. The summed E-state index contributed by atoms with van der Waals surface area (Å²) >= 11 is 0. The van der Waals surface area contributed by atoms with Gasteiger partial charge in [-0.15, -0.1) is 0 Å². The highest BCUT2D eigenvalue weighted by molar-refractivity contribution is 5.38. The Labute approximate surface area is 103 Å². The van der Waals surface area contributed by atoms with Crippen LogP contribution in [0.3, 0.4) is 0 Å². The summed E-state index contributed by atoms with van der Waals surface area (Å²) in [6.07, 6.45) is 3.68. The Balaban J connectivity index is 2.46. The molecule has 2 aromatic rings. The summed E-state index contributed by atoms with van der Waals surface area (Å²) in [4.78, 5) is 4.07. The summed E-state index contributed by atoms with van der Waals surface area (Å²) in [6.45, 7) is 4.28. The van der Waals surface area contributed by atoms with Gasteiger partial charge in [-0.05, 0) is 49.7 Å². The number of aryl methyl sites for hydroxylation is 2. The van der Waals surface area contributed by atoms with E-state index in [0.29, 0.717) is 0 Å². The molecular formula is C15H18N2. The van der Waals surface area contributed by atoms with Crippen LogP contribution in [0.25, 0.3) is 0 Å². The van der Waals surface area contributed by atoms with Crippen LogP contribution in [0.1, 0.15) is 28.3 Å². The van der Waals surface area contributed by atoms with Gasteiger partial charge < -0.3 is 5.32 Å². The van der Waals surface area contributed by atoms with Gasteiger partial charge in [-0.1, -0.05) is 23.8 Å². The Kier molecular flexibility index (Phi) is 3.55. The minimum Gasteiger partial charge on any atom is -0.309 e. The smallest absolute Gasteiger partial charge is 0.0578 e. The van der Waals surface area contributed by atoms with Crippen molar-refractivity contribution in [3.63, 3.8) is 0 Å². The number of rotatable bonds is 3. The highest BCUT2D eigenvalue weighted by atomic mass is 14.9. The molecule has 0 bridgehead atoms. The minimum atomic E-state index is 0.234. The largest absolute Gasteiger partial charge is 0.309 e. The lowest BCUT2D eigenvalue weighted by Gasteiger charge is -2.19. The van der Waals surface area contributed by atoms with Gasteiger partial charge in [-0.2, -0.15) is 0 Å². The summed E-state index contributed by atoms with van der Waals surface area (Å²) < 4.78 is 0. The van der Waals surface area contributed by atoms with Crippen LogP contribution in [0, 0.1) is 13.8 Å². The molecule has 1 atom stereocenters. The molecule has 1 heterocycles. The van der Waals surface area contributed by atoms with Crippen LogP contribution >= 0.6 is 0 Å². The molecule has 0 aliphatic rings. The summed E-state index contributed by atoms with van der Waals surface area (Å²) in [5.74, 6) is 0. The normalized spacial score (nSPS) is 12.4. The van der Waals surface area contributed by atoms with Crippen LogP contribution < -0.4 is 5.32 Å². The molecule has 0 saturated carbocycles. The van der Waals surface area contributed by atoms with Gasteiger partial charge in [0, 0.05) is 12.4 Å². The Morgan fingerprint density at radius 3 is 2.41 bits per heavy atom. The molecule has 0 amide bonds. The molecule has 1 unspecified atom stereocenters. The monoisotopic (exact) mass is 226 g/mol. The number of nitrogens with zero attached hydrogens (tertiary/aromatic N) is 1. The Hall–Kier alpha value is -1.67. The van der Waals surface area contributed by atoms with E-state index in [4.69, 9.17) is 0 Å². The van der Waals surface area contributed by atoms with E-state index in [0.717, 1.165) is 0 Å². The molecule has 2 rings (SSSR count). The van der Waals surface area contributed by atoms with Gasteiger partial charge >= 0.3 is 0 Å². The molecule has 88 valence electrons. The van der Waals surface area contributed by atoms with Gasteiger partial charge in [0.05, 0.1) is 6.04 Å². The van der Waals surface area contributed by atoms with Gasteiger partial charge in [-0.3, -0.25) is 4.98 Å². The van der Waals surface area contributed by atoms with Crippen molar-refractivity contribution in [3.05, 3.63) is 65.0 Å². The topological polar surface area (TPSA) is 24.9 Å². The predicted octanol–water partition coefficient (Wildman–Crippen LogP) is 3.01. The molecule has 1 aromatic heterocycles. The molecule has 0 fully saturated rings. The number of pyridine rings is 1. The predicted molar refractivity (Wildman–Crippen MR) is 71.1 cm³/mol. The minimum absolute atomic E-state index is 0.234. The van der Waals surface area contributed by atoms with Crippen molar-refractivity contribution in [3.8, 4) is 0 Å². The average Bonchev–Trinajstić information content (AvgIpc) is 2.36. The molecular weight excluding hydrogens is 208 g/mol. The van der Waals surface area contributed by atoms with Gasteiger partial charge in [0.15, 0.2) is 0 Å². The molecule has 0 saturated heterocycles. The molecule has 0 aliphatic carbocycles. The summed E-state index contributed by atoms with van der Waals surface area (Å²) in [7, 11) is 1.99. The fraction of sp³-hybridized carbons (Fsp3) is 0.267. The maximum atomic E-state index is 4.07. The van der Waals surface area contributed by atoms with Crippen LogP contribution in [0.4, 0.5) is 0 Å². The lowest BCUT2D eigenvalue weighted by atomic mass is 9.94. The number of hydrogen-bond donors (Lipinski definition) is 1. The fourth-order valence-electron chi connectivity index (χ4n) is 2.13. The lowest BCUT2D eigenvalue weighted by Crippen LogP contribution is -2.18. The molecule has 2 nitrogen and oxygen atoms in total. The number of aromatic nitrogens is 1. The molecule has 0 spiro atoms. The summed E-state index contributed by atoms with van der Waals surface area (Å²) in [5.41, 5.74) is 5.18. The van der Waals surface area contributed by atoms with E-state index < -0.39 is 0 Å². The quantitative estimate of drug-likeness (QED) is 0.870. The summed E-state index contributed by atoms with van der Waals surface area (Å²) in [5, 5.41) is 3.37. The van der Waals surface area contributed by atoms with Crippen LogP contribution in [0.15, 0.2) is 42.7 Å². The second-order valence-corrected chi connectivity index (χ2v) is 4.36. The van der Waals surface area contributed by atoms with Crippen LogP contribution in [0.5, 0.6) is 0 Å². The van der Waals surface area contributed by atoms with E-state index in [2.05, 4.69) is 54.5 Å². The zero-order valence-corrected chi connectivity index (χ0v) is 10.6. The van der Waals surface area contributed by atoms with E-state index in [1.807, 2.05) is 19.4 Å². The van der Waals surface area contributed by atoms with Crippen molar-refractivity contribution in [1.82, 2.24) is 10.3 Å². The highest BCUT2D eigenvalue weighted by Gasteiger charge is 2.13. The first-order valence-corrected chi connectivity index (χ1v) is 5.86. The van der Waals surface area contributed by atoms with Crippen LogP contribution in [-0.2, 0) is 0 Å². The molecule has 1 N–H and O–H groups in total. The highest BCUT2D eigenvalue weighted by Crippen LogP contribution is 2.24. The van der Waals surface area contributed by atoms with Crippen LogP contribution in [0.2, 0.25) is 0 Å². The average molecular weight is 226 g/mol. The molecule has 0 radical (unpaired) electrons. The number of hydrogen-bond acceptors (Lipinski definition) is 2. The van der Waals surface area contributed by atoms with Crippen LogP contribution in [-0.4, -0.2) is 12.0 Å². The third-order valence-electron chi connectivity index (χ3n) is 3.07. The number of nitrogens with one attached hydrogen (secondary N) is 1. The van der Waals surface area contributed by atoms with E-state index in [1.165, 1.54) is 22.3 Å². The number of benzene rings is 1. The van der Waals surface area contributed by atoms with Gasteiger partial charge in [-0.25, -0.2) is 0 Å². The van der Waals surface area contributed by atoms with Crippen molar-refractivity contribution >= 4 is 0 Å². The van der Waals surface area contributed by atoms with Crippen molar-refractivity contribution in [2.75, 3.05) is 7.05 Å². The third kappa shape index (κ3) is 2.53. The second kappa shape index (κ2) is 5.11.